The van der Waals surface area contributed by atoms with E-state index in [1.54, 1.807) is 22.6 Å². The molecule has 2 rings (SSSR count). The summed E-state index contributed by atoms with van der Waals surface area (Å²) in [5.74, 6) is 0.478. The van der Waals surface area contributed by atoms with Crippen LogP contribution in [0.3, 0.4) is 0 Å². The lowest BCUT2D eigenvalue weighted by atomic mass is 10.3. The number of hydrogen-bond acceptors (Lipinski definition) is 4. The highest BCUT2D eigenvalue weighted by Gasteiger charge is 2.16. The van der Waals surface area contributed by atoms with Crippen molar-refractivity contribution in [2.75, 3.05) is 16.8 Å². The molecule has 3 N–H and O–H groups in total. The van der Waals surface area contributed by atoms with Crippen molar-refractivity contribution in [2.45, 2.75) is 18.4 Å². The Morgan fingerprint density at radius 3 is 2.95 bits per heavy atom. The molecule has 6 heteroatoms. The number of thioether (sulfide) groups is 1. The van der Waals surface area contributed by atoms with Gasteiger partial charge in [0.2, 0.25) is 0 Å². The molecule has 0 fully saturated rings. The van der Waals surface area contributed by atoms with Gasteiger partial charge in [0.15, 0.2) is 5.69 Å². The van der Waals surface area contributed by atoms with Crippen LogP contribution >= 0.6 is 11.8 Å². The zero-order valence-corrected chi connectivity index (χ0v) is 12.7. The topological polar surface area (TPSA) is 72.9 Å². The molecule has 0 saturated heterocycles. The number of para-hydroxylation sites is 1. The molecule has 1 heterocycles. The summed E-state index contributed by atoms with van der Waals surface area (Å²) in [6.45, 7) is 6.31. The number of nitrogens with zero attached hydrogens (tertiary/aromatic N) is 2. The van der Waals surface area contributed by atoms with E-state index >= 15 is 0 Å². The molecular weight excluding hydrogens is 284 g/mol. The van der Waals surface area contributed by atoms with Crippen molar-refractivity contribution in [1.29, 1.82) is 0 Å². The highest BCUT2D eigenvalue weighted by molar-refractivity contribution is 7.99. The number of nitrogens with two attached hydrogens (primary N) is 1. The van der Waals surface area contributed by atoms with Crippen LogP contribution in [0.15, 0.2) is 48.0 Å². The molecule has 1 aromatic carbocycles. The first-order valence-corrected chi connectivity index (χ1v) is 7.61. The third-order valence-electron chi connectivity index (χ3n) is 2.82. The minimum Gasteiger partial charge on any atom is -0.396 e. The van der Waals surface area contributed by atoms with E-state index in [4.69, 9.17) is 5.73 Å². The van der Waals surface area contributed by atoms with Crippen LogP contribution in [0.1, 0.15) is 17.4 Å². The Kier molecular flexibility index (Phi) is 5.05. The number of carbonyl (C=O) groups excluding carboxylic acids is 1. The summed E-state index contributed by atoms with van der Waals surface area (Å²) in [5.41, 5.74) is 7.21. The monoisotopic (exact) mass is 302 g/mol. The van der Waals surface area contributed by atoms with E-state index in [0.717, 1.165) is 16.3 Å². The average Bonchev–Trinajstić information content (AvgIpc) is 2.87. The molecule has 0 saturated carbocycles. The highest BCUT2D eigenvalue weighted by Crippen LogP contribution is 2.27. The van der Waals surface area contributed by atoms with E-state index in [-0.39, 0.29) is 11.6 Å². The van der Waals surface area contributed by atoms with Gasteiger partial charge in [0.05, 0.1) is 11.4 Å². The molecule has 0 aliphatic carbocycles. The number of amides is 1. The van der Waals surface area contributed by atoms with Gasteiger partial charge in [-0.1, -0.05) is 18.2 Å². The first-order valence-electron chi connectivity index (χ1n) is 6.62. The van der Waals surface area contributed by atoms with Gasteiger partial charge in [0.25, 0.3) is 5.91 Å². The van der Waals surface area contributed by atoms with Crippen LogP contribution in [0, 0.1) is 0 Å². The van der Waals surface area contributed by atoms with Crippen molar-refractivity contribution in [2.24, 2.45) is 0 Å². The average molecular weight is 302 g/mol. The van der Waals surface area contributed by atoms with E-state index in [2.05, 4.69) is 17.0 Å². The summed E-state index contributed by atoms with van der Waals surface area (Å²) in [7, 11) is 0. The fourth-order valence-corrected chi connectivity index (χ4v) is 2.55. The van der Waals surface area contributed by atoms with Crippen LogP contribution in [0.25, 0.3) is 0 Å². The molecule has 5 nitrogen and oxygen atoms in total. The van der Waals surface area contributed by atoms with Crippen LogP contribution in [-0.4, -0.2) is 21.4 Å². The number of carbonyl (C=O) groups is 1. The lowest BCUT2D eigenvalue weighted by Crippen LogP contribution is -2.15. The van der Waals surface area contributed by atoms with E-state index < -0.39 is 0 Å². The first kappa shape index (κ1) is 15.2. The highest BCUT2D eigenvalue weighted by atomic mass is 32.2. The number of benzene rings is 1. The lowest BCUT2D eigenvalue weighted by molar-refractivity contribution is 0.102. The zero-order valence-electron chi connectivity index (χ0n) is 11.9. The second kappa shape index (κ2) is 6.99. The van der Waals surface area contributed by atoms with Gasteiger partial charge in [-0.05, 0) is 19.1 Å². The number of aromatic nitrogens is 2. The second-order valence-corrected chi connectivity index (χ2v) is 5.40. The maximum Gasteiger partial charge on any atom is 0.278 e. The van der Waals surface area contributed by atoms with Gasteiger partial charge >= 0.3 is 0 Å². The molecule has 2 aromatic rings. The molecule has 0 unspecified atom stereocenters. The Hall–Kier alpha value is -2.21. The van der Waals surface area contributed by atoms with Gasteiger partial charge in [0, 0.05) is 23.4 Å². The summed E-state index contributed by atoms with van der Waals surface area (Å²) < 4.78 is 1.64. The molecule has 0 bridgehead atoms. The third kappa shape index (κ3) is 3.66. The van der Waals surface area contributed by atoms with Crippen LogP contribution in [-0.2, 0) is 6.54 Å². The van der Waals surface area contributed by atoms with E-state index in [0.29, 0.717) is 12.2 Å². The molecule has 21 heavy (non-hydrogen) atoms. The Morgan fingerprint density at radius 2 is 2.29 bits per heavy atom. The molecule has 0 atom stereocenters. The largest absolute Gasteiger partial charge is 0.396 e. The van der Waals surface area contributed by atoms with Crippen molar-refractivity contribution in [3.05, 3.63) is 48.8 Å². The minimum absolute atomic E-state index is 0.250. The van der Waals surface area contributed by atoms with Crippen molar-refractivity contribution in [3.8, 4) is 0 Å². The van der Waals surface area contributed by atoms with Crippen LogP contribution in [0.5, 0.6) is 0 Å². The summed E-state index contributed by atoms with van der Waals surface area (Å²) >= 11 is 1.61. The van der Waals surface area contributed by atoms with Gasteiger partial charge in [-0.3, -0.25) is 9.48 Å². The summed E-state index contributed by atoms with van der Waals surface area (Å²) in [6, 6.07) is 7.62. The molecule has 110 valence electrons. The standard InChI is InChI=1S/C15H18N4OS/c1-3-9-21-13-8-6-5-7-12(13)17-15(20)14-11(16)10-19(4-2)18-14/h3,5-8,10H,1,4,9,16H2,2H3,(H,17,20). The van der Waals surface area contributed by atoms with Crippen LogP contribution < -0.4 is 11.1 Å². The Bertz CT molecular complexity index is 651. The molecule has 1 amide bonds. The Balaban J connectivity index is 2.19. The van der Waals surface area contributed by atoms with E-state index in [9.17, 15) is 4.79 Å². The molecule has 1 aromatic heterocycles. The van der Waals surface area contributed by atoms with E-state index in [1.807, 2.05) is 37.3 Å². The predicted molar refractivity (Wildman–Crippen MR) is 87.6 cm³/mol. The number of rotatable bonds is 6. The first-order chi connectivity index (χ1) is 10.2. The quantitative estimate of drug-likeness (QED) is 0.635. The molecule has 0 aliphatic rings. The molecular formula is C15H18N4OS. The normalized spacial score (nSPS) is 10.3. The van der Waals surface area contributed by atoms with Crippen molar-refractivity contribution in [3.63, 3.8) is 0 Å². The molecule has 0 spiro atoms. The summed E-state index contributed by atoms with van der Waals surface area (Å²) in [6.07, 6.45) is 3.48. The minimum atomic E-state index is -0.300. The van der Waals surface area contributed by atoms with Gasteiger partial charge in [-0.25, -0.2) is 0 Å². The van der Waals surface area contributed by atoms with E-state index in [1.165, 1.54) is 0 Å². The van der Waals surface area contributed by atoms with Gasteiger partial charge in [-0.2, -0.15) is 5.10 Å². The number of nitrogen functional groups attached to an aromatic ring is 1. The summed E-state index contributed by atoms with van der Waals surface area (Å²) in [4.78, 5) is 13.3. The van der Waals surface area contributed by atoms with Crippen molar-refractivity contribution in [1.82, 2.24) is 9.78 Å². The zero-order chi connectivity index (χ0) is 15.2. The molecule has 0 radical (unpaired) electrons. The smallest absolute Gasteiger partial charge is 0.278 e. The molecule has 0 aliphatic heterocycles. The fourth-order valence-electron chi connectivity index (χ4n) is 1.80. The van der Waals surface area contributed by atoms with Crippen molar-refractivity contribution < 1.29 is 4.79 Å². The van der Waals surface area contributed by atoms with Crippen LogP contribution in [0.4, 0.5) is 11.4 Å². The number of nitrogens with one attached hydrogen (secondary N) is 1. The van der Waals surface area contributed by atoms with Crippen molar-refractivity contribution >= 4 is 29.0 Å². The predicted octanol–water partition coefficient (Wildman–Crippen LogP) is 3.02. The Morgan fingerprint density at radius 1 is 1.52 bits per heavy atom. The number of aryl methyl sites for hydroxylation is 1. The van der Waals surface area contributed by atoms with Gasteiger partial charge < -0.3 is 11.1 Å². The number of hydrogen-bond donors (Lipinski definition) is 2. The second-order valence-electron chi connectivity index (χ2n) is 4.34. The fraction of sp³-hybridized carbons (Fsp3) is 0.200. The maximum atomic E-state index is 12.3. The van der Waals surface area contributed by atoms with Gasteiger partial charge in [0.1, 0.15) is 0 Å². The van der Waals surface area contributed by atoms with Crippen LogP contribution in [0.2, 0.25) is 0 Å². The lowest BCUT2D eigenvalue weighted by Gasteiger charge is -2.09. The third-order valence-corrected chi connectivity index (χ3v) is 3.89. The summed E-state index contributed by atoms with van der Waals surface area (Å²) in [5, 5.41) is 7.04. The number of anilines is 2. The SMILES string of the molecule is C=CCSc1ccccc1NC(=O)c1nn(CC)cc1N. The maximum absolute atomic E-state index is 12.3. The van der Waals surface area contributed by atoms with Gasteiger partial charge in [-0.15, -0.1) is 18.3 Å². The Labute approximate surface area is 128 Å².